The molecule has 2 N–H and O–H groups in total. The molecule has 0 radical (unpaired) electrons. The number of carbonyl (C=O) groups is 1. The number of anilines is 2. The molecule has 2 aromatic carbocycles. The third kappa shape index (κ3) is 4.47. The first-order valence-corrected chi connectivity index (χ1v) is 10.4. The largest absolute Gasteiger partial charge is 0.497 e. The molecule has 8 heteroatoms. The first-order chi connectivity index (χ1) is 15.1. The van der Waals surface area contributed by atoms with E-state index in [1.807, 2.05) is 48.0 Å². The molecule has 0 saturated heterocycles. The van der Waals surface area contributed by atoms with Crippen molar-refractivity contribution in [3.63, 3.8) is 0 Å². The van der Waals surface area contributed by atoms with Crippen LogP contribution in [0.5, 0.6) is 11.5 Å². The van der Waals surface area contributed by atoms with E-state index >= 15 is 0 Å². The topological polar surface area (TPSA) is 90.3 Å². The van der Waals surface area contributed by atoms with Crippen LogP contribution in [-0.2, 0) is 4.79 Å². The number of rotatable bonds is 7. The summed E-state index contributed by atoms with van der Waals surface area (Å²) in [7, 11) is 3.31. The van der Waals surface area contributed by atoms with Gasteiger partial charge in [-0.1, -0.05) is 31.2 Å². The summed E-state index contributed by atoms with van der Waals surface area (Å²) >= 11 is 0. The van der Waals surface area contributed by atoms with Gasteiger partial charge >= 0.3 is 0 Å². The molecule has 0 spiro atoms. The summed E-state index contributed by atoms with van der Waals surface area (Å²) in [6.07, 6.45) is 1.98. The van der Waals surface area contributed by atoms with E-state index < -0.39 is 0 Å². The lowest BCUT2D eigenvalue weighted by Crippen LogP contribution is -2.28. The highest BCUT2D eigenvalue weighted by molar-refractivity contribution is 5.88. The number of nitrogens with zero attached hydrogens (tertiary/aromatic N) is 3. The fourth-order valence-corrected chi connectivity index (χ4v) is 3.80. The number of hydrogen-bond donors (Lipinski definition) is 2. The molecule has 3 aromatic rings. The lowest BCUT2D eigenvalue weighted by atomic mass is 9.93. The van der Waals surface area contributed by atoms with Crippen LogP contribution in [0.1, 0.15) is 49.4 Å². The molecule has 2 atom stereocenters. The molecule has 1 aliphatic rings. The van der Waals surface area contributed by atoms with E-state index in [1.165, 1.54) is 0 Å². The molecular weight excluding hydrogens is 394 g/mol. The second-order valence-corrected chi connectivity index (χ2v) is 7.50. The summed E-state index contributed by atoms with van der Waals surface area (Å²) in [6, 6.07) is 16.0. The predicted molar refractivity (Wildman–Crippen MR) is 119 cm³/mol. The Morgan fingerprint density at radius 3 is 2.26 bits per heavy atom. The quantitative estimate of drug-likeness (QED) is 0.595. The molecule has 162 valence electrons. The van der Waals surface area contributed by atoms with Crippen LogP contribution < -0.4 is 20.1 Å². The Labute approximate surface area is 181 Å². The minimum atomic E-state index is -0.0850. The summed E-state index contributed by atoms with van der Waals surface area (Å²) in [5, 5.41) is 10.9. The predicted octanol–water partition coefficient (Wildman–Crippen LogP) is 4.18. The van der Waals surface area contributed by atoms with Crippen LogP contribution in [0.25, 0.3) is 0 Å². The fourth-order valence-electron chi connectivity index (χ4n) is 3.80. The van der Waals surface area contributed by atoms with E-state index in [9.17, 15) is 4.79 Å². The van der Waals surface area contributed by atoms with Gasteiger partial charge in [0.25, 0.3) is 5.95 Å². The second-order valence-electron chi connectivity index (χ2n) is 7.50. The third-order valence-corrected chi connectivity index (χ3v) is 5.44. The van der Waals surface area contributed by atoms with Gasteiger partial charge in [-0.25, -0.2) is 4.68 Å². The van der Waals surface area contributed by atoms with Crippen molar-refractivity contribution in [3.05, 3.63) is 59.7 Å². The van der Waals surface area contributed by atoms with Crippen molar-refractivity contribution in [2.24, 2.45) is 0 Å². The molecule has 0 bridgehead atoms. The van der Waals surface area contributed by atoms with Crippen LogP contribution in [0.4, 0.5) is 11.9 Å². The van der Waals surface area contributed by atoms with E-state index in [1.54, 1.807) is 14.2 Å². The molecule has 0 unspecified atom stereocenters. The summed E-state index contributed by atoms with van der Waals surface area (Å²) < 4.78 is 12.4. The molecular formula is C23H27N5O3. The number of fused-ring (bicyclic) bond motifs is 1. The van der Waals surface area contributed by atoms with Crippen LogP contribution in [0.3, 0.4) is 0 Å². The fraction of sp³-hybridized carbons (Fsp3) is 0.348. The van der Waals surface area contributed by atoms with Crippen LogP contribution >= 0.6 is 0 Å². The number of carbonyl (C=O) groups excluding carboxylic acids is 1. The van der Waals surface area contributed by atoms with Crippen molar-refractivity contribution >= 4 is 17.8 Å². The van der Waals surface area contributed by atoms with E-state index in [0.717, 1.165) is 35.5 Å². The van der Waals surface area contributed by atoms with Crippen LogP contribution in [0.15, 0.2) is 48.5 Å². The average molecular weight is 422 g/mol. The summed E-state index contributed by atoms with van der Waals surface area (Å²) in [5.74, 6) is 2.47. The van der Waals surface area contributed by atoms with Gasteiger partial charge in [-0.3, -0.25) is 10.1 Å². The molecule has 0 fully saturated rings. The molecule has 0 aliphatic carbocycles. The van der Waals surface area contributed by atoms with E-state index in [2.05, 4.69) is 32.8 Å². The SMILES string of the molecule is CCCC(=O)Nc1nc2n(n1)[C@@H](c1ccc(OC)cc1)C[C@H](c1ccc(OC)cc1)N2. The van der Waals surface area contributed by atoms with Gasteiger partial charge in [0.15, 0.2) is 0 Å². The molecule has 1 amide bonds. The van der Waals surface area contributed by atoms with Crippen LogP contribution in [-0.4, -0.2) is 34.9 Å². The summed E-state index contributed by atoms with van der Waals surface area (Å²) in [6.45, 7) is 1.96. The first-order valence-electron chi connectivity index (χ1n) is 10.4. The molecule has 2 heterocycles. The van der Waals surface area contributed by atoms with Crippen molar-refractivity contribution in [2.75, 3.05) is 24.9 Å². The Kier molecular flexibility index (Phi) is 6.06. The Morgan fingerprint density at radius 2 is 1.68 bits per heavy atom. The summed E-state index contributed by atoms with van der Waals surface area (Å²) in [5.41, 5.74) is 2.23. The van der Waals surface area contributed by atoms with Gasteiger partial charge in [0.1, 0.15) is 11.5 Å². The number of methoxy groups -OCH3 is 2. The maximum Gasteiger partial charge on any atom is 0.250 e. The Bertz CT molecular complexity index is 1030. The smallest absolute Gasteiger partial charge is 0.250 e. The molecule has 4 rings (SSSR count). The molecule has 1 aromatic heterocycles. The van der Waals surface area contributed by atoms with Gasteiger partial charge in [0.2, 0.25) is 11.9 Å². The van der Waals surface area contributed by atoms with Crippen molar-refractivity contribution in [2.45, 2.75) is 38.3 Å². The zero-order valence-electron chi connectivity index (χ0n) is 18.0. The molecule has 8 nitrogen and oxygen atoms in total. The van der Waals surface area contributed by atoms with Gasteiger partial charge in [-0.05, 0) is 48.2 Å². The molecule has 0 saturated carbocycles. The van der Waals surface area contributed by atoms with Crippen molar-refractivity contribution in [1.29, 1.82) is 0 Å². The Hall–Kier alpha value is -3.55. The number of ether oxygens (including phenoxy) is 2. The van der Waals surface area contributed by atoms with E-state index in [-0.39, 0.29) is 18.0 Å². The van der Waals surface area contributed by atoms with Gasteiger partial charge in [-0.2, -0.15) is 4.98 Å². The standard InChI is InChI=1S/C23H27N5O3/c1-4-5-21(29)25-22-26-23-24-19(15-6-10-17(30-2)11-7-15)14-20(28(23)27-22)16-8-12-18(31-3)13-9-16/h6-13,19-20H,4-5,14H2,1-3H3,(H2,24,25,26,27,29)/t19-,20-/m1/s1. The highest BCUT2D eigenvalue weighted by atomic mass is 16.5. The average Bonchev–Trinajstić information content (AvgIpc) is 3.21. The molecule has 31 heavy (non-hydrogen) atoms. The highest BCUT2D eigenvalue weighted by Crippen LogP contribution is 2.39. The van der Waals surface area contributed by atoms with Gasteiger partial charge in [0.05, 0.1) is 26.3 Å². The van der Waals surface area contributed by atoms with Gasteiger partial charge in [-0.15, -0.1) is 5.10 Å². The Balaban J connectivity index is 1.67. The maximum atomic E-state index is 12.0. The Morgan fingerprint density at radius 1 is 1.06 bits per heavy atom. The van der Waals surface area contributed by atoms with Gasteiger partial charge < -0.3 is 14.8 Å². The normalized spacial score (nSPS) is 17.4. The van der Waals surface area contributed by atoms with E-state index in [4.69, 9.17) is 9.47 Å². The number of hydrogen-bond acceptors (Lipinski definition) is 6. The minimum absolute atomic E-state index is 0.0360. The maximum absolute atomic E-state index is 12.0. The third-order valence-electron chi connectivity index (χ3n) is 5.44. The van der Waals surface area contributed by atoms with Gasteiger partial charge in [0, 0.05) is 6.42 Å². The number of nitrogens with one attached hydrogen (secondary N) is 2. The lowest BCUT2D eigenvalue weighted by Gasteiger charge is -2.31. The lowest BCUT2D eigenvalue weighted by molar-refractivity contribution is -0.116. The van der Waals surface area contributed by atoms with Crippen molar-refractivity contribution < 1.29 is 14.3 Å². The first kappa shape index (κ1) is 20.7. The zero-order valence-corrected chi connectivity index (χ0v) is 18.0. The zero-order chi connectivity index (χ0) is 21.8. The summed E-state index contributed by atoms with van der Waals surface area (Å²) in [4.78, 5) is 16.6. The van der Waals surface area contributed by atoms with Crippen LogP contribution in [0, 0.1) is 0 Å². The van der Waals surface area contributed by atoms with Crippen molar-refractivity contribution in [1.82, 2.24) is 14.8 Å². The highest BCUT2D eigenvalue weighted by Gasteiger charge is 2.31. The van der Waals surface area contributed by atoms with E-state index in [0.29, 0.717) is 18.3 Å². The second kappa shape index (κ2) is 9.07. The molecule has 1 aliphatic heterocycles. The number of benzene rings is 2. The monoisotopic (exact) mass is 421 g/mol. The number of amides is 1. The van der Waals surface area contributed by atoms with Crippen molar-refractivity contribution in [3.8, 4) is 11.5 Å². The van der Waals surface area contributed by atoms with Crippen LogP contribution in [0.2, 0.25) is 0 Å². The minimum Gasteiger partial charge on any atom is -0.497 e. The number of aromatic nitrogens is 3.